The molecule has 1 aromatic carbocycles. The molecular weight excluding hydrogens is 176 g/mol. The maximum Gasteiger partial charge on any atom is 0.162 e. The molecule has 3 nitrogen and oxygen atoms in total. The van der Waals surface area contributed by atoms with Gasteiger partial charge in [0.15, 0.2) is 5.78 Å². The van der Waals surface area contributed by atoms with Gasteiger partial charge in [0.1, 0.15) is 6.33 Å². The van der Waals surface area contributed by atoms with Crippen LogP contribution in [0.2, 0.25) is 0 Å². The van der Waals surface area contributed by atoms with Crippen molar-refractivity contribution in [2.75, 3.05) is 0 Å². The van der Waals surface area contributed by atoms with E-state index in [1.807, 2.05) is 19.1 Å². The van der Waals surface area contributed by atoms with Crippen LogP contribution < -0.4 is 0 Å². The van der Waals surface area contributed by atoms with E-state index >= 15 is 0 Å². The summed E-state index contributed by atoms with van der Waals surface area (Å²) in [6.45, 7) is 1.86. The van der Waals surface area contributed by atoms with Crippen molar-refractivity contribution in [1.29, 1.82) is 0 Å². The van der Waals surface area contributed by atoms with Gasteiger partial charge in [0.25, 0.3) is 0 Å². The lowest BCUT2D eigenvalue weighted by Crippen LogP contribution is -1.96. The Bertz CT molecular complexity index is 479. The molecule has 0 bridgehead atoms. The van der Waals surface area contributed by atoms with Crippen LogP contribution in [0, 0.1) is 0 Å². The van der Waals surface area contributed by atoms with Gasteiger partial charge in [0.05, 0.1) is 5.52 Å². The molecule has 1 aromatic heterocycles. The lowest BCUT2D eigenvalue weighted by molar-refractivity contribution is 0.0988. The Kier molecular flexibility index (Phi) is 2.23. The summed E-state index contributed by atoms with van der Waals surface area (Å²) < 4.78 is 0. The third-order valence-corrected chi connectivity index (χ3v) is 2.15. The number of carbonyl (C=O) groups is 1. The van der Waals surface area contributed by atoms with Crippen LogP contribution in [-0.2, 0) is 0 Å². The molecule has 0 fully saturated rings. The molecule has 2 rings (SSSR count). The number of hydrogen-bond acceptors (Lipinski definition) is 3. The smallest absolute Gasteiger partial charge is 0.162 e. The minimum absolute atomic E-state index is 0.149. The van der Waals surface area contributed by atoms with E-state index in [2.05, 4.69) is 9.97 Å². The second kappa shape index (κ2) is 3.54. The summed E-state index contributed by atoms with van der Waals surface area (Å²) >= 11 is 0. The first kappa shape index (κ1) is 8.81. The summed E-state index contributed by atoms with van der Waals surface area (Å²) in [6, 6.07) is 5.49. The molecular formula is C11H10N2O. The van der Waals surface area contributed by atoms with Gasteiger partial charge in [-0.1, -0.05) is 6.92 Å². The zero-order chi connectivity index (χ0) is 9.97. The Hall–Kier alpha value is -1.77. The van der Waals surface area contributed by atoms with E-state index < -0.39 is 0 Å². The van der Waals surface area contributed by atoms with Crippen molar-refractivity contribution < 1.29 is 4.79 Å². The highest BCUT2D eigenvalue weighted by Gasteiger charge is 2.03. The Morgan fingerprint density at radius 2 is 2.29 bits per heavy atom. The summed E-state index contributed by atoms with van der Waals surface area (Å²) in [5, 5.41) is 0.909. The lowest BCUT2D eigenvalue weighted by atomic mass is 10.1. The van der Waals surface area contributed by atoms with Crippen LogP contribution in [0.1, 0.15) is 23.7 Å². The molecule has 0 atom stereocenters. The van der Waals surface area contributed by atoms with Crippen molar-refractivity contribution in [2.45, 2.75) is 13.3 Å². The van der Waals surface area contributed by atoms with Crippen molar-refractivity contribution in [3.05, 3.63) is 36.3 Å². The van der Waals surface area contributed by atoms with Gasteiger partial charge in [0, 0.05) is 23.6 Å². The van der Waals surface area contributed by atoms with Crippen LogP contribution in [0.4, 0.5) is 0 Å². The van der Waals surface area contributed by atoms with Gasteiger partial charge < -0.3 is 0 Å². The topological polar surface area (TPSA) is 42.9 Å². The summed E-state index contributed by atoms with van der Waals surface area (Å²) in [4.78, 5) is 19.4. The molecule has 2 aromatic rings. The number of hydrogen-bond donors (Lipinski definition) is 0. The Morgan fingerprint density at radius 3 is 3.07 bits per heavy atom. The molecule has 0 radical (unpaired) electrons. The summed E-state index contributed by atoms with van der Waals surface area (Å²) in [5.41, 5.74) is 1.60. The third-order valence-electron chi connectivity index (χ3n) is 2.15. The largest absolute Gasteiger partial charge is 0.294 e. The minimum atomic E-state index is 0.149. The minimum Gasteiger partial charge on any atom is -0.294 e. The second-order valence-corrected chi connectivity index (χ2v) is 3.07. The SMILES string of the molecule is CCC(=O)c1ccc2ncncc2c1. The highest BCUT2D eigenvalue weighted by molar-refractivity contribution is 5.99. The normalized spacial score (nSPS) is 10.4. The molecule has 0 aliphatic heterocycles. The molecule has 0 unspecified atom stereocenters. The lowest BCUT2D eigenvalue weighted by Gasteiger charge is -1.99. The summed E-state index contributed by atoms with van der Waals surface area (Å²) in [7, 11) is 0. The van der Waals surface area contributed by atoms with E-state index in [0.717, 1.165) is 16.5 Å². The fraction of sp³-hybridized carbons (Fsp3) is 0.182. The second-order valence-electron chi connectivity index (χ2n) is 3.07. The van der Waals surface area contributed by atoms with Crippen LogP contribution in [0.15, 0.2) is 30.7 Å². The average molecular weight is 186 g/mol. The molecule has 0 spiro atoms. The molecule has 0 saturated carbocycles. The predicted molar refractivity (Wildman–Crippen MR) is 54.2 cm³/mol. The first-order chi connectivity index (χ1) is 6.81. The zero-order valence-electron chi connectivity index (χ0n) is 7.90. The van der Waals surface area contributed by atoms with E-state index in [0.29, 0.717) is 6.42 Å². The average Bonchev–Trinajstić information content (AvgIpc) is 2.27. The van der Waals surface area contributed by atoms with Crippen LogP contribution in [0.3, 0.4) is 0 Å². The van der Waals surface area contributed by atoms with Crippen LogP contribution in [0.25, 0.3) is 10.9 Å². The number of rotatable bonds is 2. The zero-order valence-corrected chi connectivity index (χ0v) is 7.90. The fourth-order valence-corrected chi connectivity index (χ4v) is 1.36. The van der Waals surface area contributed by atoms with Crippen molar-refractivity contribution in [1.82, 2.24) is 9.97 Å². The van der Waals surface area contributed by atoms with Gasteiger partial charge in [-0.3, -0.25) is 4.79 Å². The van der Waals surface area contributed by atoms with E-state index in [4.69, 9.17) is 0 Å². The molecule has 14 heavy (non-hydrogen) atoms. The Morgan fingerprint density at radius 1 is 1.43 bits per heavy atom. The van der Waals surface area contributed by atoms with Gasteiger partial charge in [-0.2, -0.15) is 0 Å². The number of nitrogens with zero attached hydrogens (tertiary/aromatic N) is 2. The molecule has 0 aliphatic carbocycles. The molecule has 1 heterocycles. The maximum atomic E-state index is 11.4. The molecule has 0 saturated heterocycles. The number of Topliss-reactive ketones (excluding diaryl/α,β-unsaturated/α-hetero) is 1. The van der Waals surface area contributed by atoms with Crippen LogP contribution in [-0.4, -0.2) is 15.8 Å². The molecule has 0 aliphatic rings. The van der Waals surface area contributed by atoms with Gasteiger partial charge in [-0.15, -0.1) is 0 Å². The molecule has 0 N–H and O–H groups in total. The van der Waals surface area contributed by atoms with Crippen molar-refractivity contribution in [3.63, 3.8) is 0 Å². The van der Waals surface area contributed by atoms with Crippen molar-refractivity contribution >= 4 is 16.7 Å². The van der Waals surface area contributed by atoms with Gasteiger partial charge in [0.2, 0.25) is 0 Å². The number of carbonyl (C=O) groups excluding carboxylic acids is 1. The summed E-state index contributed by atoms with van der Waals surface area (Å²) in [6.07, 6.45) is 3.75. The number of benzene rings is 1. The predicted octanol–water partition coefficient (Wildman–Crippen LogP) is 2.22. The van der Waals surface area contributed by atoms with Gasteiger partial charge in [-0.05, 0) is 18.2 Å². The molecule has 3 heteroatoms. The maximum absolute atomic E-state index is 11.4. The first-order valence-electron chi connectivity index (χ1n) is 4.54. The molecule has 70 valence electrons. The van der Waals surface area contributed by atoms with Gasteiger partial charge >= 0.3 is 0 Å². The van der Waals surface area contributed by atoms with E-state index in [1.165, 1.54) is 6.33 Å². The standard InChI is InChI=1S/C11H10N2O/c1-2-11(14)8-3-4-10-9(5-8)6-12-7-13-10/h3-7H,2H2,1H3. The van der Waals surface area contributed by atoms with E-state index in [-0.39, 0.29) is 5.78 Å². The Balaban J connectivity index is 2.56. The highest BCUT2D eigenvalue weighted by Crippen LogP contribution is 2.13. The molecule has 0 amide bonds. The monoisotopic (exact) mass is 186 g/mol. The van der Waals surface area contributed by atoms with Crippen molar-refractivity contribution in [3.8, 4) is 0 Å². The van der Waals surface area contributed by atoms with Gasteiger partial charge in [-0.25, -0.2) is 9.97 Å². The fourth-order valence-electron chi connectivity index (χ4n) is 1.36. The number of aromatic nitrogens is 2. The number of fused-ring (bicyclic) bond motifs is 1. The van der Waals surface area contributed by atoms with Crippen LogP contribution in [0.5, 0.6) is 0 Å². The van der Waals surface area contributed by atoms with Crippen molar-refractivity contribution in [2.24, 2.45) is 0 Å². The van der Waals surface area contributed by atoms with E-state index in [9.17, 15) is 4.79 Å². The van der Waals surface area contributed by atoms with Crippen LogP contribution >= 0.6 is 0 Å². The number of ketones is 1. The van der Waals surface area contributed by atoms with E-state index in [1.54, 1.807) is 12.3 Å². The quantitative estimate of drug-likeness (QED) is 0.675. The summed E-state index contributed by atoms with van der Waals surface area (Å²) in [5.74, 6) is 0.149. The Labute approximate surface area is 81.8 Å². The third kappa shape index (κ3) is 1.48. The first-order valence-corrected chi connectivity index (χ1v) is 4.54. The highest BCUT2D eigenvalue weighted by atomic mass is 16.1.